The number of rotatable bonds is 0. The molecule has 0 bridgehead atoms. The molecule has 0 radical (unpaired) electrons. The highest BCUT2D eigenvalue weighted by Crippen LogP contribution is 2.21. The zero-order valence-corrected chi connectivity index (χ0v) is 7.15. The van der Waals surface area contributed by atoms with E-state index in [1.54, 1.807) is 12.4 Å². The molecule has 1 heterocycles. The van der Waals surface area contributed by atoms with Crippen LogP contribution in [0.1, 0.15) is 5.56 Å². The molecule has 0 atom stereocenters. The van der Waals surface area contributed by atoms with Crippen LogP contribution in [0.2, 0.25) is 0 Å². The van der Waals surface area contributed by atoms with Gasteiger partial charge in [0.05, 0.1) is 17.5 Å². The van der Waals surface area contributed by atoms with Crippen LogP contribution in [0.25, 0.3) is 11.0 Å². The largest absolute Gasteiger partial charge is 0.398 e. The number of nitrogens with two attached hydrogens (primary N) is 1. The van der Waals surface area contributed by atoms with E-state index < -0.39 is 0 Å². The summed E-state index contributed by atoms with van der Waals surface area (Å²) in [5.41, 5.74) is 8.16. The molecule has 0 aliphatic rings. The SMILES string of the molecule is Cn1cnc2c(C#N)c(N)ccc21. The Bertz CT molecular complexity index is 504. The van der Waals surface area contributed by atoms with Crippen LogP contribution in [0.5, 0.6) is 0 Å². The molecule has 0 aliphatic carbocycles. The van der Waals surface area contributed by atoms with E-state index in [9.17, 15) is 0 Å². The third-order valence-corrected chi connectivity index (χ3v) is 2.04. The molecule has 2 rings (SSSR count). The second-order valence-corrected chi connectivity index (χ2v) is 2.86. The highest BCUT2D eigenvalue weighted by atomic mass is 15.0. The number of nitriles is 1. The third kappa shape index (κ3) is 0.942. The second kappa shape index (κ2) is 2.49. The Labute approximate surface area is 75.2 Å². The van der Waals surface area contributed by atoms with E-state index in [1.165, 1.54) is 0 Å². The molecule has 0 unspecified atom stereocenters. The van der Waals surface area contributed by atoms with Crippen molar-refractivity contribution in [3.8, 4) is 6.07 Å². The smallest absolute Gasteiger partial charge is 0.108 e. The zero-order valence-electron chi connectivity index (χ0n) is 7.15. The maximum atomic E-state index is 8.85. The predicted molar refractivity (Wildman–Crippen MR) is 49.8 cm³/mol. The Kier molecular flexibility index (Phi) is 1.46. The Hall–Kier alpha value is -2.02. The first-order chi connectivity index (χ1) is 6.24. The molecule has 0 spiro atoms. The average molecular weight is 172 g/mol. The van der Waals surface area contributed by atoms with Gasteiger partial charge in [-0.25, -0.2) is 4.98 Å². The van der Waals surface area contributed by atoms with Crippen molar-refractivity contribution in [2.75, 3.05) is 5.73 Å². The summed E-state index contributed by atoms with van der Waals surface area (Å²) in [5.74, 6) is 0. The molecule has 64 valence electrons. The van der Waals surface area contributed by atoms with Crippen molar-refractivity contribution in [1.82, 2.24) is 9.55 Å². The topological polar surface area (TPSA) is 67.6 Å². The lowest BCUT2D eigenvalue weighted by atomic mass is 10.1. The van der Waals surface area contributed by atoms with Gasteiger partial charge in [-0.05, 0) is 12.1 Å². The van der Waals surface area contributed by atoms with Gasteiger partial charge in [-0.1, -0.05) is 0 Å². The van der Waals surface area contributed by atoms with E-state index in [2.05, 4.69) is 11.1 Å². The first-order valence-electron chi connectivity index (χ1n) is 3.83. The Balaban J connectivity index is 2.95. The molecule has 13 heavy (non-hydrogen) atoms. The quantitative estimate of drug-likeness (QED) is 0.603. The van der Waals surface area contributed by atoms with Gasteiger partial charge < -0.3 is 10.3 Å². The molecule has 0 saturated carbocycles. The number of hydrogen-bond acceptors (Lipinski definition) is 3. The lowest BCUT2D eigenvalue weighted by Crippen LogP contribution is -1.92. The number of aromatic nitrogens is 2. The molecule has 0 saturated heterocycles. The van der Waals surface area contributed by atoms with E-state index in [0.717, 1.165) is 5.52 Å². The lowest BCUT2D eigenvalue weighted by molar-refractivity contribution is 0.948. The molecule has 4 nitrogen and oxygen atoms in total. The molecule has 1 aromatic heterocycles. The van der Waals surface area contributed by atoms with Crippen LogP contribution in [-0.2, 0) is 7.05 Å². The van der Waals surface area contributed by atoms with Crippen LogP contribution in [0.15, 0.2) is 18.5 Å². The summed E-state index contributed by atoms with van der Waals surface area (Å²) in [4.78, 5) is 4.11. The number of fused-ring (bicyclic) bond motifs is 1. The van der Waals surface area contributed by atoms with Crippen LogP contribution < -0.4 is 5.73 Å². The highest BCUT2D eigenvalue weighted by Gasteiger charge is 2.07. The fraction of sp³-hybridized carbons (Fsp3) is 0.111. The Morgan fingerprint density at radius 3 is 3.00 bits per heavy atom. The summed E-state index contributed by atoms with van der Waals surface area (Å²) in [6.07, 6.45) is 1.67. The van der Waals surface area contributed by atoms with Crippen LogP contribution in [-0.4, -0.2) is 9.55 Å². The van der Waals surface area contributed by atoms with Gasteiger partial charge in [0.1, 0.15) is 17.1 Å². The Morgan fingerprint density at radius 1 is 1.54 bits per heavy atom. The summed E-state index contributed by atoms with van der Waals surface area (Å²) in [6.45, 7) is 0. The standard InChI is InChI=1S/C9H8N4/c1-13-5-12-9-6(4-10)7(11)2-3-8(9)13/h2-3,5H,11H2,1H3. The number of imidazole rings is 1. The molecule has 0 fully saturated rings. The van der Waals surface area contributed by atoms with Crippen LogP contribution in [0.4, 0.5) is 5.69 Å². The predicted octanol–water partition coefficient (Wildman–Crippen LogP) is 1.03. The highest BCUT2D eigenvalue weighted by molar-refractivity contribution is 5.86. The van der Waals surface area contributed by atoms with Gasteiger partial charge in [0.25, 0.3) is 0 Å². The van der Waals surface area contributed by atoms with E-state index in [0.29, 0.717) is 16.8 Å². The van der Waals surface area contributed by atoms with Gasteiger partial charge in [-0.2, -0.15) is 5.26 Å². The van der Waals surface area contributed by atoms with Gasteiger partial charge in [0.2, 0.25) is 0 Å². The van der Waals surface area contributed by atoms with Gasteiger partial charge >= 0.3 is 0 Å². The molecule has 2 N–H and O–H groups in total. The molecular formula is C9H8N4. The summed E-state index contributed by atoms with van der Waals surface area (Å²) in [6, 6.07) is 5.64. The molecular weight excluding hydrogens is 164 g/mol. The molecule has 2 aromatic rings. The summed E-state index contributed by atoms with van der Waals surface area (Å²) < 4.78 is 1.86. The minimum atomic E-state index is 0.457. The van der Waals surface area contributed by atoms with Gasteiger partial charge in [0.15, 0.2) is 0 Å². The van der Waals surface area contributed by atoms with Crippen molar-refractivity contribution in [3.05, 3.63) is 24.0 Å². The summed E-state index contributed by atoms with van der Waals surface area (Å²) in [5, 5.41) is 8.85. The lowest BCUT2D eigenvalue weighted by Gasteiger charge is -1.98. The fourth-order valence-electron chi connectivity index (χ4n) is 1.34. The monoisotopic (exact) mass is 172 g/mol. The molecule has 0 amide bonds. The van der Waals surface area contributed by atoms with Gasteiger partial charge in [0, 0.05) is 7.05 Å². The number of nitrogen functional groups attached to an aromatic ring is 1. The van der Waals surface area contributed by atoms with Gasteiger partial charge in [-0.15, -0.1) is 0 Å². The second-order valence-electron chi connectivity index (χ2n) is 2.86. The van der Waals surface area contributed by atoms with Crippen molar-refractivity contribution in [3.63, 3.8) is 0 Å². The van der Waals surface area contributed by atoms with Crippen molar-refractivity contribution in [1.29, 1.82) is 5.26 Å². The summed E-state index contributed by atoms with van der Waals surface area (Å²) >= 11 is 0. The first-order valence-corrected chi connectivity index (χ1v) is 3.83. The first kappa shape index (κ1) is 7.62. The van der Waals surface area contributed by atoms with Crippen LogP contribution in [0.3, 0.4) is 0 Å². The maximum absolute atomic E-state index is 8.85. The van der Waals surface area contributed by atoms with E-state index in [-0.39, 0.29) is 0 Å². The van der Waals surface area contributed by atoms with E-state index in [1.807, 2.05) is 17.7 Å². The van der Waals surface area contributed by atoms with Gasteiger partial charge in [-0.3, -0.25) is 0 Å². The Morgan fingerprint density at radius 2 is 2.31 bits per heavy atom. The van der Waals surface area contributed by atoms with E-state index >= 15 is 0 Å². The number of nitrogens with zero attached hydrogens (tertiary/aromatic N) is 3. The average Bonchev–Trinajstić information content (AvgIpc) is 2.48. The number of hydrogen-bond donors (Lipinski definition) is 1. The van der Waals surface area contributed by atoms with Crippen molar-refractivity contribution in [2.24, 2.45) is 7.05 Å². The number of aryl methyl sites for hydroxylation is 1. The van der Waals surface area contributed by atoms with Crippen LogP contribution >= 0.6 is 0 Å². The number of benzene rings is 1. The van der Waals surface area contributed by atoms with Crippen molar-refractivity contribution in [2.45, 2.75) is 0 Å². The minimum absolute atomic E-state index is 0.457. The third-order valence-electron chi connectivity index (χ3n) is 2.04. The molecule has 1 aromatic carbocycles. The van der Waals surface area contributed by atoms with Crippen molar-refractivity contribution >= 4 is 16.7 Å². The molecule has 4 heteroatoms. The van der Waals surface area contributed by atoms with Crippen LogP contribution in [0, 0.1) is 11.3 Å². The maximum Gasteiger partial charge on any atom is 0.108 e. The fourth-order valence-corrected chi connectivity index (χ4v) is 1.34. The number of anilines is 1. The normalized spacial score (nSPS) is 10.2. The minimum Gasteiger partial charge on any atom is -0.398 e. The van der Waals surface area contributed by atoms with Crippen molar-refractivity contribution < 1.29 is 0 Å². The summed E-state index contributed by atoms with van der Waals surface area (Å²) in [7, 11) is 1.88. The van der Waals surface area contributed by atoms with E-state index in [4.69, 9.17) is 11.0 Å². The molecule has 0 aliphatic heterocycles. The zero-order chi connectivity index (χ0) is 9.42.